The first kappa shape index (κ1) is 25.6. The molecule has 0 radical (unpaired) electrons. The summed E-state index contributed by atoms with van der Waals surface area (Å²) in [4.78, 5) is 21.4. The van der Waals surface area contributed by atoms with Crippen LogP contribution in [0.2, 0.25) is 0 Å². The Morgan fingerprint density at radius 1 is 0.815 bits per heavy atom. The summed E-state index contributed by atoms with van der Waals surface area (Å²) in [6.07, 6.45) is 23.6. The van der Waals surface area contributed by atoms with E-state index in [0.717, 1.165) is 38.5 Å². The summed E-state index contributed by atoms with van der Waals surface area (Å²) in [7, 11) is 0. The molecule has 4 heteroatoms. The van der Waals surface area contributed by atoms with E-state index in [2.05, 4.69) is 29.6 Å². The van der Waals surface area contributed by atoms with E-state index in [9.17, 15) is 14.7 Å². The number of carbonyl (C=O) groups is 2. The van der Waals surface area contributed by atoms with Crippen LogP contribution in [-0.2, 0) is 9.59 Å². The number of amides is 1. The van der Waals surface area contributed by atoms with Crippen LogP contribution in [0.15, 0.2) is 24.3 Å². The summed E-state index contributed by atoms with van der Waals surface area (Å²) in [6, 6.07) is 0. The number of nitrogens with one attached hydrogen (secondary N) is 1. The molecule has 27 heavy (non-hydrogen) atoms. The van der Waals surface area contributed by atoms with Crippen molar-refractivity contribution in [3.05, 3.63) is 24.3 Å². The molecule has 0 fully saturated rings. The zero-order valence-corrected chi connectivity index (χ0v) is 17.5. The Hall–Kier alpha value is -1.42. The highest BCUT2D eigenvalue weighted by molar-refractivity contribution is 5.78. The van der Waals surface area contributed by atoms with Crippen molar-refractivity contribution in [1.82, 2.24) is 5.32 Å². The van der Waals surface area contributed by atoms with E-state index >= 15 is 0 Å². The average Bonchev–Trinajstić information content (AvgIpc) is 2.61. The Bertz CT molecular complexity index is 422. The van der Waals surface area contributed by atoms with Gasteiger partial charge < -0.3 is 15.2 Å². The van der Waals surface area contributed by atoms with Crippen molar-refractivity contribution < 1.29 is 14.7 Å². The van der Waals surface area contributed by atoms with Crippen LogP contribution in [0.1, 0.15) is 97.3 Å². The van der Waals surface area contributed by atoms with Gasteiger partial charge in [0.1, 0.15) is 6.29 Å². The minimum atomic E-state index is -0.531. The van der Waals surface area contributed by atoms with Crippen molar-refractivity contribution in [2.75, 3.05) is 6.54 Å². The van der Waals surface area contributed by atoms with Gasteiger partial charge in [-0.05, 0) is 71.6 Å². The number of allylic oxidation sites excluding steroid dienone is 4. The van der Waals surface area contributed by atoms with Gasteiger partial charge in [0.25, 0.3) is 0 Å². The van der Waals surface area contributed by atoms with Crippen molar-refractivity contribution in [2.24, 2.45) is 0 Å². The fourth-order valence-corrected chi connectivity index (χ4v) is 2.80. The quantitative estimate of drug-likeness (QED) is 0.194. The maximum absolute atomic E-state index is 11.3. The molecule has 4 nitrogen and oxygen atoms in total. The van der Waals surface area contributed by atoms with E-state index in [0.29, 0.717) is 12.7 Å². The molecule has 0 unspecified atom stereocenters. The average molecular weight is 380 g/mol. The lowest BCUT2D eigenvalue weighted by Gasteiger charge is -2.15. The standard InChI is InChI=1S/C23H41NO3/c1-23(2,27)19-17-15-13-11-9-7-5-3-4-6-8-10-12-14-16-18-22(26)24-20-21-25/h10-13,21,27H,3-9,14-20H2,1-2H3,(H,24,26)/b12-10-,13-11-. The lowest BCUT2D eigenvalue weighted by Crippen LogP contribution is -2.24. The second-order valence-electron chi connectivity index (χ2n) is 7.86. The van der Waals surface area contributed by atoms with Gasteiger partial charge in [-0.3, -0.25) is 4.79 Å². The zero-order valence-electron chi connectivity index (χ0n) is 17.5. The maximum atomic E-state index is 11.3. The first-order chi connectivity index (χ1) is 13.0. The molecule has 0 saturated carbocycles. The van der Waals surface area contributed by atoms with Crippen LogP contribution < -0.4 is 5.32 Å². The fraction of sp³-hybridized carbons (Fsp3) is 0.739. The number of hydrogen-bond donors (Lipinski definition) is 2. The van der Waals surface area contributed by atoms with Gasteiger partial charge in [-0.1, -0.05) is 43.6 Å². The number of aldehydes is 1. The molecule has 2 N–H and O–H groups in total. The lowest BCUT2D eigenvalue weighted by molar-refractivity contribution is -0.122. The van der Waals surface area contributed by atoms with Crippen LogP contribution in [0.4, 0.5) is 0 Å². The smallest absolute Gasteiger partial charge is 0.220 e. The van der Waals surface area contributed by atoms with Crippen molar-refractivity contribution >= 4 is 12.2 Å². The van der Waals surface area contributed by atoms with Gasteiger partial charge in [0, 0.05) is 6.42 Å². The molecule has 0 saturated heterocycles. The Balaban J connectivity index is 3.28. The van der Waals surface area contributed by atoms with E-state index in [1.807, 2.05) is 13.8 Å². The number of aliphatic hydroxyl groups is 1. The van der Waals surface area contributed by atoms with Crippen LogP contribution in [0.3, 0.4) is 0 Å². The summed E-state index contributed by atoms with van der Waals surface area (Å²) in [5.74, 6) is -0.0422. The second-order valence-corrected chi connectivity index (χ2v) is 7.86. The first-order valence-corrected chi connectivity index (χ1v) is 10.7. The summed E-state index contributed by atoms with van der Waals surface area (Å²) < 4.78 is 0. The summed E-state index contributed by atoms with van der Waals surface area (Å²) in [5.41, 5.74) is -0.531. The number of unbranched alkanes of at least 4 members (excludes halogenated alkanes) is 8. The Morgan fingerprint density at radius 2 is 1.30 bits per heavy atom. The third kappa shape index (κ3) is 22.5. The Morgan fingerprint density at radius 3 is 1.81 bits per heavy atom. The molecule has 0 aromatic heterocycles. The second kappa shape index (κ2) is 18.0. The third-order valence-electron chi connectivity index (χ3n) is 4.39. The molecule has 0 aromatic carbocycles. The molecule has 0 aliphatic rings. The van der Waals surface area contributed by atoms with Gasteiger partial charge in [0.2, 0.25) is 5.91 Å². The molecular weight excluding hydrogens is 338 g/mol. The molecule has 0 aliphatic heterocycles. The number of hydrogen-bond acceptors (Lipinski definition) is 3. The molecule has 0 bridgehead atoms. The third-order valence-corrected chi connectivity index (χ3v) is 4.39. The summed E-state index contributed by atoms with van der Waals surface area (Å²) in [5, 5.41) is 12.2. The molecular formula is C23H41NO3. The molecule has 156 valence electrons. The van der Waals surface area contributed by atoms with E-state index in [1.165, 1.54) is 38.5 Å². The van der Waals surface area contributed by atoms with Gasteiger partial charge >= 0.3 is 0 Å². The largest absolute Gasteiger partial charge is 0.390 e. The van der Waals surface area contributed by atoms with Crippen molar-refractivity contribution in [1.29, 1.82) is 0 Å². The number of carbonyl (C=O) groups excluding carboxylic acids is 2. The van der Waals surface area contributed by atoms with E-state index in [4.69, 9.17) is 0 Å². The van der Waals surface area contributed by atoms with Gasteiger partial charge in [-0.2, -0.15) is 0 Å². The predicted molar refractivity (Wildman–Crippen MR) is 114 cm³/mol. The fourth-order valence-electron chi connectivity index (χ4n) is 2.80. The molecule has 0 spiro atoms. The number of rotatable bonds is 18. The van der Waals surface area contributed by atoms with Crippen molar-refractivity contribution in [3.8, 4) is 0 Å². The summed E-state index contributed by atoms with van der Waals surface area (Å²) in [6.45, 7) is 3.85. The van der Waals surface area contributed by atoms with Gasteiger partial charge in [-0.25, -0.2) is 0 Å². The maximum Gasteiger partial charge on any atom is 0.220 e. The van der Waals surface area contributed by atoms with Gasteiger partial charge in [-0.15, -0.1) is 0 Å². The SMILES string of the molecule is CC(C)(O)CCC/C=C\CCCCCCC/C=C\CCCC(=O)NCC=O. The van der Waals surface area contributed by atoms with Gasteiger partial charge in [0.15, 0.2) is 0 Å². The van der Waals surface area contributed by atoms with Crippen LogP contribution in [0.25, 0.3) is 0 Å². The highest BCUT2D eigenvalue weighted by Gasteiger charge is 2.10. The normalized spacial score (nSPS) is 12.1. The van der Waals surface area contributed by atoms with E-state index in [1.54, 1.807) is 0 Å². The van der Waals surface area contributed by atoms with E-state index < -0.39 is 5.60 Å². The summed E-state index contributed by atoms with van der Waals surface area (Å²) >= 11 is 0. The molecule has 0 atom stereocenters. The molecule has 0 aliphatic carbocycles. The van der Waals surface area contributed by atoms with Gasteiger partial charge in [0.05, 0.1) is 12.1 Å². The van der Waals surface area contributed by atoms with Crippen LogP contribution >= 0.6 is 0 Å². The zero-order chi connectivity index (χ0) is 20.2. The van der Waals surface area contributed by atoms with Crippen molar-refractivity contribution in [3.63, 3.8) is 0 Å². The predicted octanol–water partition coefficient (Wildman–Crippen LogP) is 5.26. The molecule has 0 aromatic rings. The Kier molecular flexibility index (Phi) is 17.0. The monoisotopic (exact) mass is 379 g/mol. The highest BCUT2D eigenvalue weighted by Crippen LogP contribution is 2.13. The van der Waals surface area contributed by atoms with Crippen LogP contribution in [0.5, 0.6) is 0 Å². The first-order valence-electron chi connectivity index (χ1n) is 10.7. The topological polar surface area (TPSA) is 66.4 Å². The van der Waals surface area contributed by atoms with E-state index in [-0.39, 0.29) is 12.5 Å². The van der Waals surface area contributed by atoms with Crippen LogP contribution in [-0.4, -0.2) is 29.4 Å². The minimum absolute atomic E-state index is 0.0422. The Labute approximate surface area is 166 Å². The minimum Gasteiger partial charge on any atom is -0.390 e. The molecule has 1 amide bonds. The molecule has 0 rings (SSSR count). The van der Waals surface area contributed by atoms with Crippen LogP contribution in [0, 0.1) is 0 Å². The lowest BCUT2D eigenvalue weighted by atomic mass is 10.0. The highest BCUT2D eigenvalue weighted by atomic mass is 16.3. The van der Waals surface area contributed by atoms with Crippen molar-refractivity contribution in [2.45, 2.75) is 103 Å². The molecule has 0 heterocycles.